The van der Waals surface area contributed by atoms with Gasteiger partial charge in [0.25, 0.3) is 0 Å². The number of hydrogen-bond donors (Lipinski definition) is 2. The van der Waals surface area contributed by atoms with Gasteiger partial charge in [-0.1, -0.05) is 6.07 Å². The number of nitrogens with zero attached hydrogens (tertiary/aromatic N) is 1. The number of fused-ring (bicyclic) bond motifs is 1. The molecule has 3 rings (SSSR count). The molecule has 2 aromatic carbocycles. The summed E-state index contributed by atoms with van der Waals surface area (Å²) in [5.74, 6) is -0.829. The first-order valence-corrected chi connectivity index (χ1v) is 8.23. The maximum atomic E-state index is 11.9. The number of carbonyl (C=O) groups is 2. The fraction of sp³-hybridized carbons (Fsp3) is 0.150. The molecule has 1 aromatic heterocycles. The van der Waals surface area contributed by atoms with Crippen molar-refractivity contribution >= 4 is 22.7 Å². The molecule has 0 saturated carbocycles. The number of phenols is 1. The number of aromatic nitrogens is 1. The van der Waals surface area contributed by atoms with E-state index in [1.807, 2.05) is 0 Å². The minimum absolute atomic E-state index is 0.0517. The largest absolute Gasteiger partial charge is 0.508 e. The highest BCUT2D eigenvalue weighted by Crippen LogP contribution is 2.34. The maximum Gasteiger partial charge on any atom is 0.360 e. The van der Waals surface area contributed by atoms with Crippen LogP contribution in [-0.2, 0) is 20.9 Å². The molecule has 0 unspecified atom stereocenters. The summed E-state index contributed by atoms with van der Waals surface area (Å²) in [6.45, 7) is 1.05. The number of rotatable bonds is 5. The van der Waals surface area contributed by atoms with Gasteiger partial charge in [0.2, 0.25) is 0 Å². The first kappa shape index (κ1) is 19.0. The van der Waals surface area contributed by atoms with Crippen molar-refractivity contribution in [1.82, 2.24) is 4.98 Å². The molecule has 0 aliphatic carbocycles. The minimum atomic E-state index is -0.816. The number of methoxy groups -OCH3 is 1. The van der Waals surface area contributed by atoms with Crippen LogP contribution in [0.15, 0.2) is 42.5 Å². The lowest BCUT2D eigenvalue weighted by molar-refractivity contribution is -0.142. The van der Waals surface area contributed by atoms with Crippen LogP contribution >= 0.6 is 0 Å². The number of aromatic hydroxyl groups is 2. The quantitative estimate of drug-likeness (QED) is 0.645. The number of benzene rings is 2. The average molecular weight is 383 g/mol. The molecular weight excluding hydrogens is 366 g/mol. The molecule has 0 spiro atoms. The Balaban J connectivity index is 2.10. The van der Waals surface area contributed by atoms with Gasteiger partial charge in [0.15, 0.2) is 11.4 Å². The molecule has 0 amide bonds. The average Bonchev–Trinajstić information content (AvgIpc) is 2.67. The zero-order chi connectivity index (χ0) is 20.3. The highest BCUT2D eigenvalue weighted by Gasteiger charge is 2.20. The van der Waals surface area contributed by atoms with Gasteiger partial charge in [-0.15, -0.1) is 0 Å². The van der Waals surface area contributed by atoms with Crippen LogP contribution in [0.25, 0.3) is 10.8 Å². The van der Waals surface area contributed by atoms with Crippen LogP contribution in [0, 0.1) is 0 Å². The van der Waals surface area contributed by atoms with Gasteiger partial charge in [0.05, 0.1) is 12.8 Å². The monoisotopic (exact) mass is 383 g/mol. The number of carbonyl (C=O) groups excluding carboxylic acids is 2. The molecule has 144 valence electrons. The fourth-order valence-corrected chi connectivity index (χ4v) is 2.61. The topological polar surface area (TPSA) is 115 Å². The van der Waals surface area contributed by atoms with Crippen LogP contribution in [0.4, 0.5) is 0 Å². The Kier molecular flexibility index (Phi) is 5.30. The summed E-state index contributed by atoms with van der Waals surface area (Å²) in [5.41, 5.74) is -0.0245. The molecule has 8 heteroatoms. The third-order valence-corrected chi connectivity index (χ3v) is 3.87. The summed E-state index contributed by atoms with van der Waals surface area (Å²) in [5, 5.41) is 20.7. The molecule has 0 bridgehead atoms. The highest BCUT2D eigenvalue weighted by molar-refractivity contribution is 6.00. The van der Waals surface area contributed by atoms with Gasteiger partial charge in [-0.2, -0.15) is 0 Å². The van der Waals surface area contributed by atoms with Crippen molar-refractivity contribution in [3.8, 4) is 23.0 Å². The summed E-state index contributed by atoms with van der Waals surface area (Å²) in [4.78, 5) is 27.2. The molecular formula is C20H17NO7. The molecule has 3 aromatic rings. The van der Waals surface area contributed by atoms with Crippen molar-refractivity contribution in [2.75, 3.05) is 7.11 Å². The number of pyridine rings is 1. The second-order valence-corrected chi connectivity index (χ2v) is 5.83. The smallest absolute Gasteiger partial charge is 0.360 e. The Bertz CT molecular complexity index is 1060. The maximum absolute atomic E-state index is 11.9. The predicted octanol–water partition coefficient (Wildman–Crippen LogP) is 3.29. The van der Waals surface area contributed by atoms with E-state index in [4.69, 9.17) is 9.47 Å². The van der Waals surface area contributed by atoms with E-state index >= 15 is 0 Å². The van der Waals surface area contributed by atoms with Crippen molar-refractivity contribution in [1.29, 1.82) is 0 Å². The first-order valence-electron chi connectivity index (χ1n) is 8.23. The lowest BCUT2D eigenvalue weighted by atomic mass is 10.1. The molecule has 0 atom stereocenters. The van der Waals surface area contributed by atoms with Gasteiger partial charge < -0.3 is 24.4 Å². The summed E-state index contributed by atoms with van der Waals surface area (Å²) >= 11 is 0. The molecule has 2 N–H and O–H groups in total. The zero-order valence-electron chi connectivity index (χ0n) is 15.1. The molecule has 0 aliphatic heterocycles. The van der Waals surface area contributed by atoms with E-state index in [-0.39, 0.29) is 29.5 Å². The van der Waals surface area contributed by atoms with Crippen LogP contribution in [0.2, 0.25) is 0 Å². The predicted molar refractivity (Wildman–Crippen MR) is 98.4 cm³/mol. The van der Waals surface area contributed by atoms with E-state index in [9.17, 15) is 19.8 Å². The normalized spacial score (nSPS) is 10.5. The van der Waals surface area contributed by atoms with Crippen molar-refractivity contribution in [2.24, 2.45) is 0 Å². The lowest BCUT2D eigenvalue weighted by Gasteiger charge is -2.13. The SMILES string of the molecule is COC(=O)c1nc(COC(C)=O)c2cc(Oc3cccc(O)c3)ccc2c1O. The Morgan fingerprint density at radius 1 is 1.04 bits per heavy atom. The Labute approximate surface area is 159 Å². The molecule has 1 heterocycles. The van der Waals surface area contributed by atoms with E-state index in [0.29, 0.717) is 22.3 Å². The van der Waals surface area contributed by atoms with Gasteiger partial charge in [-0.05, 0) is 30.3 Å². The number of esters is 2. The van der Waals surface area contributed by atoms with Crippen molar-refractivity contribution in [3.63, 3.8) is 0 Å². The Morgan fingerprint density at radius 3 is 2.46 bits per heavy atom. The third kappa shape index (κ3) is 3.96. The van der Waals surface area contributed by atoms with Crippen LogP contribution in [0.5, 0.6) is 23.0 Å². The van der Waals surface area contributed by atoms with Crippen LogP contribution < -0.4 is 4.74 Å². The second-order valence-electron chi connectivity index (χ2n) is 5.83. The number of phenolic OH excluding ortho intramolecular Hbond substituents is 1. The van der Waals surface area contributed by atoms with Gasteiger partial charge >= 0.3 is 11.9 Å². The zero-order valence-corrected chi connectivity index (χ0v) is 15.1. The molecule has 8 nitrogen and oxygen atoms in total. The van der Waals surface area contributed by atoms with E-state index < -0.39 is 11.9 Å². The molecule has 0 radical (unpaired) electrons. The van der Waals surface area contributed by atoms with E-state index in [2.05, 4.69) is 9.72 Å². The molecule has 0 fully saturated rings. The van der Waals surface area contributed by atoms with Crippen LogP contribution in [-0.4, -0.2) is 34.2 Å². The summed E-state index contributed by atoms with van der Waals surface area (Å²) in [6, 6.07) is 11.0. The summed E-state index contributed by atoms with van der Waals surface area (Å²) in [7, 11) is 1.17. The van der Waals surface area contributed by atoms with Crippen molar-refractivity contribution < 1.29 is 34.0 Å². The van der Waals surface area contributed by atoms with E-state index in [0.717, 1.165) is 0 Å². The summed E-state index contributed by atoms with van der Waals surface area (Å²) in [6.07, 6.45) is 0. The number of hydrogen-bond acceptors (Lipinski definition) is 8. The highest BCUT2D eigenvalue weighted by atomic mass is 16.5. The fourth-order valence-electron chi connectivity index (χ4n) is 2.61. The van der Waals surface area contributed by atoms with E-state index in [1.165, 1.54) is 26.2 Å². The van der Waals surface area contributed by atoms with Gasteiger partial charge in [-0.25, -0.2) is 9.78 Å². The third-order valence-electron chi connectivity index (χ3n) is 3.87. The lowest BCUT2D eigenvalue weighted by Crippen LogP contribution is -2.09. The molecule has 28 heavy (non-hydrogen) atoms. The molecule has 0 saturated heterocycles. The van der Waals surface area contributed by atoms with Gasteiger partial charge in [0, 0.05) is 23.8 Å². The standard InChI is InChI=1S/C20H17NO7/c1-11(22)27-10-17-16-9-14(28-13-5-3-4-12(23)8-13)6-7-15(16)19(24)18(21-17)20(25)26-2/h3-9,23-24H,10H2,1-2H3. The van der Waals surface area contributed by atoms with Crippen LogP contribution in [0.3, 0.4) is 0 Å². The molecule has 0 aliphatic rings. The van der Waals surface area contributed by atoms with Gasteiger partial charge in [0.1, 0.15) is 23.9 Å². The van der Waals surface area contributed by atoms with Crippen molar-refractivity contribution in [3.05, 3.63) is 53.9 Å². The van der Waals surface area contributed by atoms with Gasteiger partial charge in [-0.3, -0.25) is 4.79 Å². The first-order chi connectivity index (χ1) is 13.4. The van der Waals surface area contributed by atoms with Crippen LogP contribution in [0.1, 0.15) is 23.1 Å². The second kappa shape index (κ2) is 7.83. The summed E-state index contributed by atoms with van der Waals surface area (Å²) < 4.78 is 15.4. The minimum Gasteiger partial charge on any atom is -0.508 e. The van der Waals surface area contributed by atoms with Crippen molar-refractivity contribution in [2.45, 2.75) is 13.5 Å². The number of ether oxygens (including phenoxy) is 3. The van der Waals surface area contributed by atoms with E-state index in [1.54, 1.807) is 30.3 Å². The Hall–Kier alpha value is -3.81. The Morgan fingerprint density at radius 2 is 1.79 bits per heavy atom.